The predicted molar refractivity (Wildman–Crippen MR) is 117 cm³/mol. The van der Waals surface area contributed by atoms with Crippen LogP contribution >= 0.6 is 23.4 Å². The molecule has 2 heterocycles. The third kappa shape index (κ3) is 4.24. The van der Waals surface area contributed by atoms with Crippen LogP contribution in [0.4, 0.5) is 5.69 Å². The highest BCUT2D eigenvalue weighted by molar-refractivity contribution is 7.99. The van der Waals surface area contributed by atoms with Crippen LogP contribution < -0.4 is 5.32 Å². The Bertz CT molecular complexity index is 1170. The highest BCUT2D eigenvalue weighted by atomic mass is 35.5. The molecule has 0 fully saturated rings. The van der Waals surface area contributed by atoms with Gasteiger partial charge in [0.25, 0.3) is 5.91 Å². The molecule has 30 heavy (non-hydrogen) atoms. The minimum Gasteiger partial charge on any atom is -0.461 e. The molecular formula is C21H18ClN5O2S. The number of rotatable bonds is 6. The number of tetrazole rings is 1. The fourth-order valence-electron chi connectivity index (χ4n) is 2.91. The van der Waals surface area contributed by atoms with Gasteiger partial charge in [-0.1, -0.05) is 30.3 Å². The molecule has 0 aliphatic rings. The second-order valence-electron chi connectivity index (χ2n) is 6.39. The lowest BCUT2D eigenvalue weighted by atomic mass is 10.1. The maximum absolute atomic E-state index is 12.8. The van der Waals surface area contributed by atoms with Crippen LogP contribution in [-0.2, 0) is 0 Å². The Morgan fingerprint density at radius 2 is 1.90 bits per heavy atom. The van der Waals surface area contributed by atoms with E-state index < -0.39 is 0 Å². The van der Waals surface area contributed by atoms with Crippen LogP contribution in [0.3, 0.4) is 0 Å². The largest absolute Gasteiger partial charge is 0.461 e. The number of nitrogens with zero attached hydrogens (tertiary/aromatic N) is 4. The monoisotopic (exact) mass is 439 g/mol. The zero-order valence-corrected chi connectivity index (χ0v) is 17.9. The van der Waals surface area contributed by atoms with E-state index in [0.717, 1.165) is 22.2 Å². The summed E-state index contributed by atoms with van der Waals surface area (Å²) >= 11 is 7.49. The van der Waals surface area contributed by atoms with Crippen LogP contribution in [0.5, 0.6) is 0 Å². The molecule has 1 N–H and O–H groups in total. The third-order valence-electron chi connectivity index (χ3n) is 4.38. The van der Waals surface area contributed by atoms with Gasteiger partial charge in [0.2, 0.25) is 5.16 Å². The molecule has 152 valence electrons. The van der Waals surface area contributed by atoms with Gasteiger partial charge in [-0.05, 0) is 77.7 Å². The number of hydrogen-bond donors (Lipinski definition) is 1. The van der Waals surface area contributed by atoms with Gasteiger partial charge in [-0.3, -0.25) is 4.79 Å². The number of halogens is 1. The number of carbonyl (C=O) groups is 1. The van der Waals surface area contributed by atoms with Crippen molar-refractivity contribution in [3.63, 3.8) is 0 Å². The molecule has 0 radical (unpaired) electrons. The summed E-state index contributed by atoms with van der Waals surface area (Å²) in [6, 6.07) is 16.3. The van der Waals surface area contributed by atoms with E-state index in [0.29, 0.717) is 27.8 Å². The molecule has 9 heteroatoms. The lowest BCUT2D eigenvalue weighted by Crippen LogP contribution is -2.12. The number of amides is 1. The van der Waals surface area contributed by atoms with Gasteiger partial charge in [0.15, 0.2) is 0 Å². The van der Waals surface area contributed by atoms with E-state index in [1.165, 1.54) is 0 Å². The number of aromatic nitrogens is 4. The minimum atomic E-state index is -0.242. The average molecular weight is 440 g/mol. The minimum absolute atomic E-state index is 0.242. The molecule has 0 bridgehead atoms. The molecule has 0 unspecified atom stereocenters. The Balaban J connectivity index is 1.50. The average Bonchev–Trinajstić information content (AvgIpc) is 3.36. The third-order valence-corrected chi connectivity index (χ3v) is 5.43. The second-order valence-corrected chi connectivity index (χ2v) is 8.06. The van der Waals surface area contributed by atoms with Crippen LogP contribution in [0, 0.1) is 6.92 Å². The van der Waals surface area contributed by atoms with E-state index in [9.17, 15) is 4.79 Å². The summed E-state index contributed by atoms with van der Waals surface area (Å²) in [6.07, 6.45) is 0. The Kier molecular flexibility index (Phi) is 5.87. The van der Waals surface area contributed by atoms with Crippen molar-refractivity contribution < 1.29 is 9.21 Å². The number of furan rings is 1. The summed E-state index contributed by atoms with van der Waals surface area (Å²) in [5.41, 5.74) is 2.81. The molecule has 7 nitrogen and oxygen atoms in total. The van der Waals surface area contributed by atoms with Crippen LogP contribution in [0.1, 0.15) is 23.0 Å². The Labute approximate surface area is 182 Å². The molecular weight excluding hydrogens is 422 g/mol. The van der Waals surface area contributed by atoms with Crippen LogP contribution in [0.25, 0.3) is 17.0 Å². The number of anilines is 1. The van der Waals surface area contributed by atoms with Gasteiger partial charge < -0.3 is 9.73 Å². The first-order valence-corrected chi connectivity index (χ1v) is 10.6. The first kappa shape index (κ1) is 20.2. The molecule has 0 saturated heterocycles. The summed E-state index contributed by atoms with van der Waals surface area (Å²) in [4.78, 5) is 12.8. The van der Waals surface area contributed by atoms with Gasteiger partial charge in [0.05, 0.1) is 11.3 Å². The van der Waals surface area contributed by atoms with E-state index in [4.69, 9.17) is 16.0 Å². The molecule has 0 atom stereocenters. The molecule has 4 rings (SSSR count). The predicted octanol–water partition coefficient (Wildman–Crippen LogP) is 5.25. The highest BCUT2D eigenvalue weighted by Crippen LogP contribution is 2.27. The maximum atomic E-state index is 12.8. The fraction of sp³-hybridized carbons (Fsp3) is 0.143. The summed E-state index contributed by atoms with van der Waals surface area (Å²) in [5, 5.41) is 16.0. The van der Waals surface area contributed by atoms with Gasteiger partial charge in [0.1, 0.15) is 11.5 Å². The highest BCUT2D eigenvalue weighted by Gasteiger charge is 2.16. The van der Waals surface area contributed by atoms with Gasteiger partial charge in [-0.25, -0.2) is 0 Å². The molecule has 0 spiro atoms. The SMILES string of the molecule is CCSc1nnnn1-c1ccc(NC(=O)c2cc(-c3ccc(Cl)cc3)oc2C)cc1. The number of carbonyl (C=O) groups excluding carboxylic acids is 1. The fourth-order valence-corrected chi connectivity index (χ4v) is 3.65. The first-order valence-electron chi connectivity index (χ1n) is 9.24. The maximum Gasteiger partial charge on any atom is 0.259 e. The number of aryl methyl sites for hydroxylation is 1. The van der Waals surface area contributed by atoms with Gasteiger partial charge in [-0.15, -0.1) is 5.10 Å². The molecule has 1 amide bonds. The van der Waals surface area contributed by atoms with Crippen molar-refractivity contribution in [2.75, 3.05) is 11.1 Å². The molecule has 2 aromatic heterocycles. The molecule has 4 aromatic rings. The van der Waals surface area contributed by atoms with Gasteiger partial charge >= 0.3 is 0 Å². The van der Waals surface area contributed by atoms with Crippen molar-refractivity contribution in [3.8, 4) is 17.0 Å². The van der Waals surface area contributed by atoms with E-state index in [1.54, 1.807) is 41.6 Å². The standard InChI is InChI=1S/C21H18ClN5O2S/c1-3-30-21-24-25-26-27(21)17-10-8-16(9-11-17)23-20(28)18-12-19(29-13(18)2)14-4-6-15(22)7-5-14/h4-12H,3H2,1-2H3,(H,23,28). The quantitative estimate of drug-likeness (QED) is 0.413. The van der Waals surface area contributed by atoms with Crippen molar-refractivity contribution in [1.29, 1.82) is 0 Å². The van der Waals surface area contributed by atoms with Crippen molar-refractivity contribution in [3.05, 3.63) is 70.9 Å². The van der Waals surface area contributed by atoms with Crippen LogP contribution in [0.2, 0.25) is 5.02 Å². The molecule has 0 saturated carbocycles. The second kappa shape index (κ2) is 8.73. The zero-order valence-electron chi connectivity index (χ0n) is 16.3. The van der Waals surface area contributed by atoms with E-state index in [1.807, 2.05) is 43.3 Å². The lowest BCUT2D eigenvalue weighted by Gasteiger charge is -2.07. The Morgan fingerprint density at radius 1 is 1.17 bits per heavy atom. The van der Waals surface area contributed by atoms with Crippen LogP contribution in [-0.4, -0.2) is 31.9 Å². The van der Waals surface area contributed by atoms with Crippen molar-refractivity contribution in [2.24, 2.45) is 0 Å². The summed E-state index contributed by atoms with van der Waals surface area (Å²) in [5.74, 6) is 1.79. The number of nitrogens with one attached hydrogen (secondary N) is 1. The van der Waals surface area contributed by atoms with Crippen molar-refractivity contribution >= 4 is 35.0 Å². The topological polar surface area (TPSA) is 85.8 Å². The summed E-state index contributed by atoms with van der Waals surface area (Å²) in [7, 11) is 0. The van der Waals surface area contributed by atoms with E-state index in [2.05, 4.69) is 20.8 Å². The first-order chi connectivity index (χ1) is 14.5. The summed E-state index contributed by atoms with van der Waals surface area (Å²) < 4.78 is 7.44. The van der Waals surface area contributed by atoms with E-state index >= 15 is 0 Å². The molecule has 2 aromatic carbocycles. The van der Waals surface area contributed by atoms with Gasteiger partial charge in [0, 0.05) is 16.3 Å². The van der Waals surface area contributed by atoms with E-state index in [-0.39, 0.29) is 5.91 Å². The number of hydrogen-bond acceptors (Lipinski definition) is 6. The summed E-state index contributed by atoms with van der Waals surface area (Å²) in [6.45, 7) is 3.81. The van der Waals surface area contributed by atoms with Gasteiger partial charge in [-0.2, -0.15) is 4.68 Å². The molecule has 0 aliphatic carbocycles. The lowest BCUT2D eigenvalue weighted by molar-refractivity contribution is 0.102. The van der Waals surface area contributed by atoms with Crippen LogP contribution in [0.15, 0.2) is 64.2 Å². The van der Waals surface area contributed by atoms with Crippen molar-refractivity contribution in [2.45, 2.75) is 19.0 Å². The molecule has 0 aliphatic heterocycles. The number of benzene rings is 2. The Hall–Kier alpha value is -3.10. The normalized spacial score (nSPS) is 10.9. The van der Waals surface area contributed by atoms with Crippen molar-refractivity contribution in [1.82, 2.24) is 20.2 Å². The Morgan fingerprint density at radius 3 is 2.60 bits per heavy atom. The number of thioether (sulfide) groups is 1. The zero-order chi connectivity index (χ0) is 21.1. The smallest absolute Gasteiger partial charge is 0.259 e.